The van der Waals surface area contributed by atoms with Crippen molar-refractivity contribution in [2.75, 3.05) is 5.32 Å². The second kappa shape index (κ2) is 5.53. The first-order chi connectivity index (χ1) is 10.9. The van der Waals surface area contributed by atoms with E-state index in [4.69, 9.17) is 0 Å². The summed E-state index contributed by atoms with van der Waals surface area (Å²) in [4.78, 5) is 0. The Morgan fingerprint density at radius 1 is 0.545 bits per heavy atom. The highest BCUT2D eigenvalue weighted by atomic mass is 14.9. The van der Waals surface area contributed by atoms with Crippen LogP contribution in [-0.4, -0.2) is 0 Å². The van der Waals surface area contributed by atoms with Crippen molar-refractivity contribution in [2.24, 2.45) is 0 Å². The first-order valence-electron chi connectivity index (χ1n) is 7.60. The third kappa shape index (κ3) is 2.31. The lowest BCUT2D eigenvalue weighted by atomic mass is 10.0. The smallest absolute Gasteiger partial charge is 0.0422 e. The summed E-state index contributed by atoms with van der Waals surface area (Å²) in [7, 11) is 0. The van der Waals surface area contributed by atoms with E-state index in [1.807, 2.05) is 0 Å². The number of fused-ring (bicyclic) bond motifs is 2. The van der Waals surface area contributed by atoms with Crippen molar-refractivity contribution in [3.63, 3.8) is 0 Å². The fourth-order valence-electron chi connectivity index (χ4n) is 3.02. The van der Waals surface area contributed by atoms with Gasteiger partial charge in [0.1, 0.15) is 0 Å². The first-order valence-corrected chi connectivity index (χ1v) is 7.60. The van der Waals surface area contributed by atoms with Gasteiger partial charge in [-0.05, 0) is 27.8 Å². The Kier molecular flexibility index (Phi) is 3.24. The van der Waals surface area contributed by atoms with Gasteiger partial charge in [0.2, 0.25) is 0 Å². The Morgan fingerprint density at radius 2 is 1.14 bits per heavy atom. The molecule has 22 heavy (non-hydrogen) atoms. The molecular weight excluding hydrogens is 266 g/mol. The first kappa shape index (κ1) is 12.9. The predicted molar refractivity (Wildman–Crippen MR) is 95.2 cm³/mol. The highest BCUT2D eigenvalue weighted by molar-refractivity contribution is 5.94. The second-order valence-corrected chi connectivity index (χ2v) is 5.52. The molecule has 0 saturated heterocycles. The summed E-state index contributed by atoms with van der Waals surface area (Å²) in [5.74, 6) is 0. The van der Waals surface area contributed by atoms with Gasteiger partial charge < -0.3 is 5.32 Å². The highest BCUT2D eigenvalue weighted by Gasteiger charge is 2.02. The Labute approximate surface area is 130 Å². The molecule has 0 bridgehead atoms. The van der Waals surface area contributed by atoms with E-state index < -0.39 is 0 Å². The van der Waals surface area contributed by atoms with Crippen LogP contribution in [0.5, 0.6) is 0 Å². The molecule has 0 unspecified atom stereocenters. The summed E-state index contributed by atoms with van der Waals surface area (Å²) in [5.41, 5.74) is 2.51. The van der Waals surface area contributed by atoms with Gasteiger partial charge in [-0.15, -0.1) is 0 Å². The third-order valence-electron chi connectivity index (χ3n) is 4.14. The van der Waals surface area contributed by atoms with Crippen molar-refractivity contribution in [3.8, 4) is 0 Å². The minimum absolute atomic E-state index is 0.829. The van der Waals surface area contributed by atoms with Gasteiger partial charge in [0.15, 0.2) is 0 Å². The van der Waals surface area contributed by atoms with Gasteiger partial charge in [0, 0.05) is 17.6 Å². The fourth-order valence-corrected chi connectivity index (χ4v) is 3.02. The maximum absolute atomic E-state index is 3.60. The summed E-state index contributed by atoms with van der Waals surface area (Å²) in [6, 6.07) is 29.9. The van der Waals surface area contributed by atoms with Crippen LogP contribution in [0.15, 0.2) is 84.9 Å². The van der Waals surface area contributed by atoms with Crippen molar-refractivity contribution in [2.45, 2.75) is 6.54 Å². The predicted octanol–water partition coefficient (Wildman–Crippen LogP) is 5.61. The molecular formula is C21H17N. The van der Waals surface area contributed by atoms with Crippen molar-refractivity contribution >= 4 is 27.2 Å². The van der Waals surface area contributed by atoms with Crippen LogP contribution < -0.4 is 5.32 Å². The molecule has 1 heteroatoms. The normalized spacial score (nSPS) is 10.9. The maximum Gasteiger partial charge on any atom is 0.0422 e. The molecule has 0 spiro atoms. The van der Waals surface area contributed by atoms with E-state index in [2.05, 4.69) is 90.2 Å². The van der Waals surface area contributed by atoms with Gasteiger partial charge in [0.25, 0.3) is 0 Å². The Morgan fingerprint density at radius 3 is 1.95 bits per heavy atom. The molecule has 4 aromatic carbocycles. The summed E-state index contributed by atoms with van der Waals surface area (Å²) in [5, 5.41) is 8.74. The second-order valence-electron chi connectivity index (χ2n) is 5.52. The Bertz CT molecular complexity index is 850. The molecule has 0 aromatic heterocycles. The van der Waals surface area contributed by atoms with Gasteiger partial charge >= 0.3 is 0 Å². The van der Waals surface area contributed by atoms with Gasteiger partial charge in [0.05, 0.1) is 0 Å². The molecule has 0 radical (unpaired) electrons. The molecule has 0 fully saturated rings. The minimum atomic E-state index is 0.829. The van der Waals surface area contributed by atoms with E-state index in [9.17, 15) is 0 Å². The Balaban J connectivity index is 1.69. The molecule has 4 aromatic rings. The largest absolute Gasteiger partial charge is 0.380 e. The number of hydrogen-bond acceptors (Lipinski definition) is 1. The van der Waals surface area contributed by atoms with Crippen LogP contribution in [0.1, 0.15) is 5.56 Å². The van der Waals surface area contributed by atoms with Crippen LogP contribution in [0.4, 0.5) is 5.69 Å². The van der Waals surface area contributed by atoms with Crippen molar-refractivity contribution in [3.05, 3.63) is 90.5 Å². The zero-order valence-electron chi connectivity index (χ0n) is 12.3. The SMILES string of the molecule is c1ccc2c(CNc3cccc4ccccc34)cccc2c1. The maximum atomic E-state index is 3.60. The minimum Gasteiger partial charge on any atom is -0.380 e. The number of anilines is 1. The van der Waals surface area contributed by atoms with Crippen LogP contribution in [0.25, 0.3) is 21.5 Å². The fraction of sp³-hybridized carbons (Fsp3) is 0.0476. The lowest BCUT2D eigenvalue weighted by Gasteiger charge is -2.11. The van der Waals surface area contributed by atoms with Crippen LogP contribution in [0.3, 0.4) is 0 Å². The number of nitrogens with one attached hydrogen (secondary N) is 1. The summed E-state index contributed by atoms with van der Waals surface area (Å²) in [6.07, 6.45) is 0. The zero-order chi connectivity index (χ0) is 14.8. The lowest BCUT2D eigenvalue weighted by Crippen LogP contribution is -2.00. The van der Waals surface area contributed by atoms with Crippen LogP contribution in [0, 0.1) is 0 Å². The van der Waals surface area contributed by atoms with Crippen LogP contribution in [0.2, 0.25) is 0 Å². The quantitative estimate of drug-likeness (QED) is 0.515. The molecule has 4 rings (SSSR count). The van der Waals surface area contributed by atoms with Crippen molar-refractivity contribution < 1.29 is 0 Å². The van der Waals surface area contributed by atoms with Crippen molar-refractivity contribution in [1.82, 2.24) is 0 Å². The van der Waals surface area contributed by atoms with Gasteiger partial charge in [-0.1, -0.05) is 78.9 Å². The van der Waals surface area contributed by atoms with Gasteiger partial charge in [-0.2, -0.15) is 0 Å². The van der Waals surface area contributed by atoms with E-state index in [0.29, 0.717) is 0 Å². The van der Waals surface area contributed by atoms with E-state index in [0.717, 1.165) is 6.54 Å². The molecule has 0 atom stereocenters. The lowest BCUT2D eigenvalue weighted by molar-refractivity contribution is 1.17. The standard InChI is InChI=1S/C21H17N/c1-3-12-19-16(7-1)9-5-11-18(19)15-22-21-14-6-10-17-8-2-4-13-20(17)21/h1-14,22H,15H2. The topological polar surface area (TPSA) is 12.0 Å². The van der Waals surface area contributed by atoms with E-state index in [1.165, 1.54) is 32.8 Å². The number of rotatable bonds is 3. The van der Waals surface area contributed by atoms with Gasteiger partial charge in [-0.3, -0.25) is 0 Å². The average Bonchev–Trinajstić information content (AvgIpc) is 2.60. The van der Waals surface area contributed by atoms with E-state index in [-0.39, 0.29) is 0 Å². The number of hydrogen-bond donors (Lipinski definition) is 1. The highest BCUT2D eigenvalue weighted by Crippen LogP contribution is 2.25. The average molecular weight is 283 g/mol. The summed E-state index contributed by atoms with van der Waals surface area (Å²) in [6.45, 7) is 0.829. The molecule has 0 heterocycles. The molecule has 0 amide bonds. The van der Waals surface area contributed by atoms with E-state index in [1.54, 1.807) is 0 Å². The molecule has 0 aliphatic heterocycles. The molecule has 0 saturated carbocycles. The van der Waals surface area contributed by atoms with E-state index >= 15 is 0 Å². The van der Waals surface area contributed by atoms with Crippen molar-refractivity contribution in [1.29, 1.82) is 0 Å². The van der Waals surface area contributed by atoms with Gasteiger partial charge in [-0.25, -0.2) is 0 Å². The molecule has 0 aliphatic carbocycles. The third-order valence-corrected chi connectivity index (χ3v) is 4.14. The molecule has 106 valence electrons. The summed E-state index contributed by atoms with van der Waals surface area (Å²) >= 11 is 0. The van der Waals surface area contributed by atoms with Crippen LogP contribution in [-0.2, 0) is 6.54 Å². The number of benzene rings is 4. The Hall–Kier alpha value is -2.80. The molecule has 1 nitrogen and oxygen atoms in total. The monoisotopic (exact) mass is 283 g/mol. The summed E-state index contributed by atoms with van der Waals surface area (Å²) < 4.78 is 0. The molecule has 1 N–H and O–H groups in total. The molecule has 0 aliphatic rings. The zero-order valence-corrected chi connectivity index (χ0v) is 12.3. The van der Waals surface area contributed by atoms with Crippen LogP contribution >= 0.6 is 0 Å².